The van der Waals surface area contributed by atoms with Crippen LogP contribution in [0.4, 0.5) is 8.78 Å². The highest BCUT2D eigenvalue weighted by Gasteiger charge is 2.38. The van der Waals surface area contributed by atoms with E-state index in [4.69, 9.17) is 9.47 Å². The smallest absolute Gasteiger partial charge is 0.312 e. The van der Waals surface area contributed by atoms with Gasteiger partial charge in [-0.15, -0.1) is 0 Å². The lowest BCUT2D eigenvalue weighted by atomic mass is 9.82. The predicted molar refractivity (Wildman–Crippen MR) is 93.7 cm³/mol. The Kier molecular flexibility index (Phi) is 9.04. The van der Waals surface area contributed by atoms with Crippen molar-refractivity contribution in [2.45, 2.75) is 32.3 Å². The SMILES string of the molecule is C=Cc1ccc(F)c(F)c1[C@H](CO)[C@@H](O)C(CC(=O)OCC)C(=O)OCC. The number of carbonyl (C=O) groups is 2. The summed E-state index contributed by atoms with van der Waals surface area (Å²) in [5.41, 5.74) is -0.191. The Bertz CT molecular complexity index is 676. The van der Waals surface area contributed by atoms with Crippen LogP contribution in [0.3, 0.4) is 0 Å². The van der Waals surface area contributed by atoms with Crippen molar-refractivity contribution in [3.63, 3.8) is 0 Å². The second kappa shape index (κ2) is 10.7. The van der Waals surface area contributed by atoms with E-state index >= 15 is 0 Å². The maximum absolute atomic E-state index is 14.4. The minimum Gasteiger partial charge on any atom is -0.466 e. The van der Waals surface area contributed by atoms with Crippen LogP contribution in [0.1, 0.15) is 37.3 Å². The molecule has 0 saturated carbocycles. The predicted octanol–water partition coefficient (Wildman–Crippen LogP) is 2.18. The normalized spacial score (nSPS) is 14.1. The molecule has 0 spiro atoms. The van der Waals surface area contributed by atoms with E-state index in [1.807, 2.05) is 0 Å². The molecule has 8 heteroatoms. The fraction of sp³-hybridized carbons (Fsp3) is 0.474. The quantitative estimate of drug-likeness (QED) is 0.599. The van der Waals surface area contributed by atoms with E-state index in [2.05, 4.69) is 6.58 Å². The lowest BCUT2D eigenvalue weighted by Gasteiger charge is -2.28. The molecule has 1 rings (SSSR count). The summed E-state index contributed by atoms with van der Waals surface area (Å²) in [5.74, 6) is -6.95. The van der Waals surface area contributed by atoms with Crippen molar-refractivity contribution in [3.8, 4) is 0 Å². The van der Waals surface area contributed by atoms with Gasteiger partial charge in [0, 0.05) is 11.5 Å². The zero-order valence-electron chi connectivity index (χ0n) is 15.3. The summed E-state index contributed by atoms with van der Waals surface area (Å²) < 4.78 is 37.8. The number of hydrogen-bond acceptors (Lipinski definition) is 6. The summed E-state index contributed by atoms with van der Waals surface area (Å²) in [7, 11) is 0. The van der Waals surface area contributed by atoms with E-state index in [0.717, 1.165) is 6.07 Å². The number of ether oxygens (including phenoxy) is 2. The molecular weight excluding hydrogens is 362 g/mol. The summed E-state index contributed by atoms with van der Waals surface area (Å²) in [6.07, 6.45) is -1.03. The Hall–Kier alpha value is -2.32. The largest absolute Gasteiger partial charge is 0.466 e. The molecule has 0 saturated heterocycles. The van der Waals surface area contributed by atoms with Gasteiger partial charge in [-0.1, -0.05) is 18.7 Å². The minimum absolute atomic E-state index is 0.0130. The fourth-order valence-corrected chi connectivity index (χ4v) is 2.78. The standard InChI is InChI=1S/C19H24F2O6/c1-4-11-7-8-14(20)17(21)16(11)13(10-22)18(24)12(19(25)27-6-3)9-15(23)26-5-2/h4,7-8,12-13,18,22,24H,1,5-6,9-10H2,2-3H3/t12?,13-,18-/m0/s1. The minimum atomic E-state index is -1.73. The van der Waals surface area contributed by atoms with Crippen molar-refractivity contribution in [2.24, 2.45) is 5.92 Å². The first-order valence-electron chi connectivity index (χ1n) is 8.53. The first kappa shape index (κ1) is 22.7. The van der Waals surface area contributed by atoms with E-state index in [1.54, 1.807) is 6.92 Å². The maximum atomic E-state index is 14.4. The van der Waals surface area contributed by atoms with Crippen LogP contribution in [0, 0.1) is 17.6 Å². The molecule has 1 aromatic carbocycles. The highest BCUT2D eigenvalue weighted by molar-refractivity contribution is 5.80. The molecule has 1 unspecified atom stereocenters. The van der Waals surface area contributed by atoms with Crippen LogP contribution < -0.4 is 0 Å². The number of aliphatic hydroxyl groups is 2. The number of halogens is 2. The van der Waals surface area contributed by atoms with Crippen molar-refractivity contribution < 1.29 is 38.1 Å². The number of hydrogen-bond donors (Lipinski definition) is 2. The first-order chi connectivity index (χ1) is 12.8. The molecule has 0 aromatic heterocycles. The second-order valence-corrected chi connectivity index (χ2v) is 5.72. The lowest BCUT2D eigenvalue weighted by Crippen LogP contribution is -2.38. The molecule has 0 aliphatic carbocycles. The Morgan fingerprint density at radius 2 is 1.85 bits per heavy atom. The van der Waals surface area contributed by atoms with E-state index < -0.39 is 54.5 Å². The lowest BCUT2D eigenvalue weighted by molar-refractivity contribution is -0.159. The maximum Gasteiger partial charge on any atom is 0.312 e. The summed E-state index contributed by atoms with van der Waals surface area (Å²) in [6.45, 7) is 5.86. The highest BCUT2D eigenvalue weighted by Crippen LogP contribution is 2.33. The number of aliphatic hydroxyl groups excluding tert-OH is 2. The highest BCUT2D eigenvalue weighted by atomic mass is 19.2. The van der Waals surface area contributed by atoms with Gasteiger partial charge in [-0.05, 0) is 25.5 Å². The van der Waals surface area contributed by atoms with Crippen LogP contribution >= 0.6 is 0 Å². The Labute approximate surface area is 156 Å². The number of esters is 2. The van der Waals surface area contributed by atoms with E-state index in [0.29, 0.717) is 0 Å². The number of rotatable bonds is 10. The van der Waals surface area contributed by atoms with Crippen LogP contribution in [0.5, 0.6) is 0 Å². The van der Waals surface area contributed by atoms with Gasteiger partial charge in [0.25, 0.3) is 0 Å². The molecule has 0 radical (unpaired) electrons. The molecule has 0 amide bonds. The summed E-state index contributed by atoms with van der Waals surface area (Å²) in [4.78, 5) is 24.0. The van der Waals surface area contributed by atoms with Gasteiger partial charge in [0.15, 0.2) is 11.6 Å². The van der Waals surface area contributed by atoms with Gasteiger partial charge in [0.1, 0.15) is 0 Å². The van der Waals surface area contributed by atoms with Crippen molar-refractivity contribution in [3.05, 3.63) is 41.5 Å². The molecule has 150 valence electrons. The molecule has 1 aromatic rings. The molecule has 0 bridgehead atoms. The monoisotopic (exact) mass is 386 g/mol. The molecule has 0 heterocycles. The zero-order valence-corrected chi connectivity index (χ0v) is 15.3. The molecule has 6 nitrogen and oxygen atoms in total. The van der Waals surface area contributed by atoms with Gasteiger partial charge < -0.3 is 19.7 Å². The van der Waals surface area contributed by atoms with Gasteiger partial charge in [0.05, 0.1) is 38.3 Å². The molecule has 0 aliphatic heterocycles. The molecular formula is C19H24F2O6. The van der Waals surface area contributed by atoms with Crippen LogP contribution in [-0.4, -0.2) is 48.1 Å². The summed E-state index contributed by atoms with van der Waals surface area (Å²) >= 11 is 0. The van der Waals surface area contributed by atoms with Gasteiger partial charge in [0.2, 0.25) is 0 Å². The van der Waals surface area contributed by atoms with E-state index in [9.17, 15) is 28.6 Å². The molecule has 27 heavy (non-hydrogen) atoms. The van der Waals surface area contributed by atoms with Crippen molar-refractivity contribution in [2.75, 3.05) is 19.8 Å². The zero-order chi connectivity index (χ0) is 20.6. The van der Waals surface area contributed by atoms with Crippen molar-refractivity contribution in [1.82, 2.24) is 0 Å². The van der Waals surface area contributed by atoms with Gasteiger partial charge in [-0.2, -0.15) is 0 Å². The van der Waals surface area contributed by atoms with E-state index in [-0.39, 0.29) is 24.3 Å². The van der Waals surface area contributed by atoms with Crippen LogP contribution in [0.2, 0.25) is 0 Å². The first-order valence-corrected chi connectivity index (χ1v) is 8.53. The third kappa shape index (κ3) is 5.58. The van der Waals surface area contributed by atoms with Gasteiger partial charge in [-0.25, -0.2) is 8.78 Å². The van der Waals surface area contributed by atoms with Crippen LogP contribution in [-0.2, 0) is 19.1 Å². The molecule has 0 aliphatic rings. The second-order valence-electron chi connectivity index (χ2n) is 5.72. The third-order valence-electron chi connectivity index (χ3n) is 4.06. The number of carbonyl (C=O) groups excluding carboxylic acids is 2. The Morgan fingerprint density at radius 3 is 2.37 bits per heavy atom. The van der Waals surface area contributed by atoms with Crippen LogP contribution in [0.15, 0.2) is 18.7 Å². The van der Waals surface area contributed by atoms with Crippen LogP contribution in [0.25, 0.3) is 6.08 Å². The Balaban J connectivity index is 3.33. The van der Waals surface area contributed by atoms with Gasteiger partial charge >= 0.3 is 11.9 Å². The summed E-state index contributed by atoms with van der Waals surface area (Å²) in [5, 5.41) is 20.4. The number of benzene rings is 1. The van der Waals surface area contributed by atoms with Gasteiger partial charge in [-0.3, -0.25) is 9.59 Å². The van der Waals surface area contributed by atoms with E-state index in [1.165, 1.54) is 19.1 Å². The van der Waals surface area contributed by atoms with Crippen molar-refractivity contribution in [1.29, 1.82) is 0 Å². The third-order valence-corrected chi connectivity index (χ3v) is 4.06. The Morgan fingerprint density at radius 1 is 1.22 bits per heavy atom. The topological polar surface area (TPSA) is 93.1 Å². The van der Waals surface area contributed by atoms with Crippen molar-refractivity contribution >= 4 is 18.0 Å². The fourth-order valence-electron chi connectivity index (χ4n) is 2.78. The average molecular weight is 386 g/mol. The average Bonchev–Trinajstić information content (AvgIpc) is 2.64. The molecule has 3 atom stereocenters. The summed E-state index contributed by atoms with van der Waals surface area (Å²) in [6, 6.07) is 2.12. The molecule has 2 N–H and O–H groups in total. The molecule has 0 fully saturated rings.